The third-order valence-electron chi connectivity index (χ3n) is 2.05. The molecule has 0 saturated carbocycles. The SMILES string of the molecule is Cn1ccnc1C(=O)CCC(=O)OC(C)(C)C. The van der Waals surface area contributed by atoms with Crippen molar-refractivity contribution >= 4 is 11.8 Å². The molecule has 1 heterocycles. The normalized spacial score (nSPS) is 11.3. The molecule has 1 rings (SSSR count). The molecule has 0 aromatic carbocycles. The largest absolute Gasteiger partial charge is 0.460 e. The van der Waals surface area contributed by atoms with E-state index in [0.717, 1.165) is 0 Å². The van der Waals surface area contributed by atoms with Gasteiger partial charge in [-0.1, -0.05) is 0 Å². The number of aromatic nitrogens is 2. The topological polar surface area (TPSA) is 61.2 Å². The molecule has 0 aliphatic rings. The third kappa shape index (κ3) is 4.38. The summed E-state index contributed by atoms with van der Waals surface area (Å²) < 4.78 is 6.75. The zero-order valence-electron chi connectivity index (χ0n) is 10.7. The van der Waals surface area contributed by atoms with Gasteiger partial charge < -0.3 is 9.30 Å². The molecule has 0 amide bonds. The minimum atomic E-state index is -0.511. The van der Waals surface area contributed by atoms with Crippen molar-refractivity contribution < 1.29 is 14.3 Å². The number of ether oxygens (including phenoxy) is 1. The molecule has 0 aliphatic carbocycles. The van der Waals surface area contributed by atoms with Crippen LogP contribution in [0.2, 0.25) is 0 Å². The number of carbonyl (C=O) groups is 2. The molecule has 5 nitrogen and oxygen atoms in total. The number of Topliss-reactive ketones (excluding diaryl/α,β-unsaturated/α-hetero) is 1. The van der Waals surface area contributed by atoms with Crippen LogP contribution in [0.5, 0.6) is 0 Å². The Morgan fingerprint density at radius 1 is 1.35 bits per heavy atom. The number of ketones is 1. The summed E-state index contributed by atoms with van der Waals surface area (Å²) in [5.41, 5.74) is -0.511. The van der Waals surface area contributed by atoms with E-state index in [1.165, 1.54) is 0 Å². The summed E-state index contributed by atoms with van der Waals surface area (Å²) >= 11 is 0. The van der Waals surface area contributed by atoms with Gasteiger partial charge in [-0.3, -0.25) is 9.59 Å². The van der Waals surface area contributed by atoms with Gasteiger partial charge in [-0.25, -0.2) is 4.98 Å². The van der Waals surface area contributed by atoms with E-state index >= 15 is 0 Å². The molecule has 0 atom stereocenters. The second-order valence-electron chi connectivity index (χ2n) is 4.87. The van der Waals surface area contributed by atoms with Crippen LogP contribution in [0.4, 0.5) is 0 Å². The summed E-state index contributed by atoms with van der Waals surface area (Å²) in [4.78, 5) is 27.1. The fourth-order valence-corrected chi connectivity index (χ4v) is 1.35. The van der Waals surface area contributed by atoms with Gasteiger partial charge in [0.2, 0.25) is 0 Å². The quantitative estimate of drug-likeness (QED) is 0.592. The van der Waals surface area contributed by atoms with Crippen molar-refractivity contribution in [2.24, 2.45) is 7.05 Å². The zero-order chi connectivity index (χ0) is 13.1. The van der Waals surface area contributed by atoms with Gasteiger partial charge in [-0.15, -0.1) is 0 Å². The van der Waals surface area contributed by atoms with Crippen LogP contribution in [0.1, 0.15) is 44.2 Å². The average molecular weight is 238 g/mol. The van der Waals surface area contributed by atoms with Crippen molar-refractivity contribution in [2.45, 2.75) is 39.2 Å². The Morgan fingerprint density at radius 3 is 2.47 bits per heavy atom. The molecule has 5 heteroatoms. The van der Waals surface area contributed by atoms with Crippen LogP contribution >= 0.6 is 0 Å². The van der Waals surface area contributed by atoms with E-state index in [1.54, 1.807) is 44.8 Å². The second-order valence-corrected chi connectivity index (χ2v) is 4.87. The smallest absolute Gasteiger partial charge is 0.306 e. The van der Waals surface area contributed by atoms with Gasteiger partial charge in [0.25, 0.3) is 0 Å². The van der Waals surface area contributed by atoms with Gasteiger partial charge >= 0.3 is 5.97 Å². The maximum Gasteiger partial charge on any atom is 0.306 e. The molecule has 0 aliphatic heterocycles. The summed E-state index contributed by atoms with van der Waals surface area (Å²) in [7, 11) is 1.74. The lowest BCUT2D eigenvalue weighted by molar-refractivity contribution is -0.154. The first-order valence-electron chi connectivity index (χ1n) is 5.52. The minimum absolute atomic E-state index is 0.0863. The number of hydrogen-bond acceptors (Lipinski definition) is 4. The Bertz CT molecular complexity index is 416. The van der Waals surface area contributed by atoms with E-state index in [1.807, 2.05) is 0 Å². The van der Waals surface area contributed by atoms with Crippen molar-refractivity contribution in [3.8, 4) is 0 Å². The molecule has 0 saturated heterocycles. The summed E-state index contributed by atoms with van der Waals surface area (Å²) in [5.74, 6) is -0.142. The zero-order valence-corrected chi connectivity index (χ0v) is 10.7. The molecule has 17 heavy (non-hydrogen) atoms. The summed E-state index contributed by atoms with van der Waals surface area (Å²) in [5, 5.41) is 0. The average Bonchev–Trinajstić information content (AvgIpc) is 2.58. The maximum absolute atomic E-state index is 11.7. The summed E-state index contributed by atoms with van der Waals surface area (Å²) in [6.45, 7) is 5.39. The second kappa shape index (κ2) is 5.12. The van der Waals surface area contributed by atoms with Crippen LogP contribution in [0.3, 0.4) is 0 Å². The van der Waals surface area contributed by atoms with Crippen molar-refractivity contribution in [2.75, 3.05) is 0 Å². The molecular formula is C12H18N2O3. The number of carbonyl (C=O) groups excluding carboxylic acids is 2. The first kappa shape index (κ1) is 13.4. The molecule has 0 bridgehead atoms. The predicted molar refractivity (Wildman–Crippen MR) is 62.6 cm³/mol. The molecule has 0 fully saturated rings. The summed E-state index contributed by atoms with van der Waals surface area (Å²) in [6, 6.07) is 0. The molecule has 94 valence electrons. The van der Waals surface area contributed by atoms with E-state index in [-0.39, 0.29) is 24.6 Å². The van der Waals surface area contributed by atoms with Crippen LogP contribution in [-0.2, 0) is 16.6 Å². The van der Waals surface area contributed by atoms with E-state index in [4.69, 9.17) is 4.74 Å². The van der Waals surface area contributed by atoms with E-state index < -0.39 is 5.60 Å². The highest BCUT2D eigenvalue weighted by atomic mass is 16.6. The standard InChI is InChI=1S/C12H18N2O3/c1-12(2,3)17-10(16)6-5-9(15)11-13-7-8-14(11)4/h7-8H,5-6H2,1-4H3. The lowest BCUT2D eigenvalue weighted by Gasteiger charge is -2.19. The Morgan fingerprint density at radius 2 is 2.00 bits per heavy atom. The van der Waals surface area contributed by atoms with Gasteiger partial charge in [0.1, 0.15) is 5.60 Å². The van der Waals surface area contributed by atoms with Gasteiger partial charge in [0.15, 0.2) is 11.6 Å². The molecule has 0 radical (unpaired) electrons. The van der Waals surface area contributed by atoms with Crippen LogP contribution in [-0.4, -0.2) is 26.9 Å². The Labute approximate surface area is 101 Å². The van der Waals surface area contributed by atoms with Crippen LogP contribution in [0.25, 0.3) is 0 Å². The van der Waals surface area contributed by atoms with Crippen molar-refractivity contribution in [3.05, 3.63) is 18.2 Å². The monoisotopic (exact) mass is 238 g/mol. The van der Waals surface area contributed by atoms with Crippen LogP contribution < -0.4 is 0 Å². The molecule has 0 N–H and O–H groups in total. The van der Waals surface area contributed by atoms with Crippen LogP contribution in [0, 0.1) is 0 Å². The van der Waals surface area contributed by atoms with Gasteiger partial charge in [0.05, 0.1) is 6.42 Å². The van der Waals surface area contributed by atoms with Crippen molar-refractivity contribution in [1.82, 2.24) is 9.55 Å². The van der Waals surface area contributed by atoms with Gasteiger partial charge in [-0.05, 0) is 20.8 Å². The maximum atomic E-state index is 11.7. The Hall–Kier alpha value is -1.65. The van der Waals surface area contributed by atoms with Crippen molar-refractivity contribution in [1.29, 1.82) is 0 Å². The number of nitrogens with zero attached hydrogens (tertiary/aromatic N) is 2. The molecule has 0 spiro atoms. The fraction of sp³-hybridized carbons (Fsp3) is 0.583. The first-order chi connectivity index (χ1) is 7.79. The lowest BCUT2D eigenvalue weighted by atomic mass is 10.1. The number of hydrogen-bond donors (Lipinski definition) is 0. The fourth-order valence-electron chi connectivity index (χ4n) is 1.35. The molecule has 1 aromatic rings. The highest BCUT2D eigenvalue weighted by molar-refractivity contribution is 5.94. The third-order valence-corrected chi connectivity index (χ3v) is 2.05. The highest BCUT2D eigenvalue weighted by Gasteiger charge is 2.18. The van der Waals surface area contributed by atoms with Crippen molar-refractivity contribution in [3.63, 3.8) is 0 Å². The molecular weight excluding hydrogens is 220 g/mol. The van der Waals surface area contributed by atoms with Crippen LogP contribution in [0.15, 0.2) is 12.4 Å². The predicted octanol–water partition coefficient (Wildman–Crippen LogP) is 1.72. The van der Waals surface area contributed by atoms with Gasteiger partial charge in [0, 0.05) is 25.9 Å². The summed E-state index contributed by atoms with van der Waals surface area (Å²) in [6.07, 6.45) is 3.46. The molecule has 1 aromatic heterocycles. The molecule has 0 unspecified atom stereocenters. The Kier molecular flexibility index (Phi) is 4.04. The van der Waals surface area contributed by atoms with E-state index in [2.05, 4.69) is 4.98 Å². The number of aryl methyl sites for hydroxylation is 1. The first-order valence-corrected chi connectivity index (χ1v) is 5.52. The minimum Gasteiger partial charge on any atom is -0.460 e. The van der Waals surface area contributed by atoms with Gasteiger partial charge in [-0.2, -0.15) is 0 Å². The Balaban J connectivity index is 2.45. The lowest BCUT2D eigenvalue weighted by Crippen LogP contribution is -2.24. The number of rotatable bonds is 4. The van der Waals surface area contributed by atoms with E-state index in [9.17, 15) is 9.59 Å². The van der Waals surface area contributed by atoms with E-state index in [0.29, 0.717) is 5.82 Å². The highest BCUT2D eigenvalue weighted by Crippen LogP contribution is 2.10. The number of esters is 1. The number of imidazole rings is 1.